The number of carbonyl (C=O) groups is 1. The number of aryl methyl sites for hydroxylation is 1. The monoisotopic (exact) mass is 304 g/mol. The summed E-state index contributed by atoms with van der Waals surface area (Å²) in [5.74, 6) is -0.328. The molecule has 2 rings (SSSR count). The Morgan fingerprint density at radius 2 is 2.10 bits per heavy atom. The Bertz CT molecular complexity index is 657. The van der Waals surface area contributed by atoms with Gasteiger partial charge in [-0.2, -0.15) is 0 Å². The van der Waals surface area contributed by atoms with Crippen molar-refractivity contribution in [3.05, 3.63) is 45.3 Å². The smallest absolute Gasteiger partial charge is 0.335 e. The minimum absolute atomic E-state index is 0.194. The number of carboxylic acids is 1. The third-order valence-corrected chi connectivity index (χ3v) is 4.26. The number of pyridine rings is 1. The molecule has 21 heavy (non-hydrogen) atoms. The molecule has 0 aromatic carbocycles. The molecular formula is C16H20N2O2S. The van der Waals surface area contributed by atoms with Crippen LogP contribution < -0.4 is 5.32 Å². The van der Waals surface area contributed by atoms with E-state index in [1.165, 1.54) is 10.4 Å². The summed E-state index contributed by atoms with van der Waals surface area (Å²) in [4.78, 5) is 17.0. The normalized spacial score (nSPS) is 11.4. The fraction of sp³-hybridized carbons (Fsp3) is 0.375. The van der Waals surface area contributed by atoms with Crippen molar-refractivity contribution in [3.63, 3.8) is 0 Å². The van der Waals surface area contributed by atoms with E-state index in [-0.39, 0.29) is 11.0 Å². The molecule has 0 amide bonds. The minimum Gasteiger partial charge on any atom is -0.478 e. The standard InChI is InChI=1S/C16H20N2O2S/c1-10-5-6-21-12(10)9-17-14-8-11(15(19)20)7-13(18-14)16(2,3)4/h5-8H,9H2,1-4H3,(H,17,18)(H,19,20). The van der Waals surface area contributed by atoms with Crippen molar-refractivity contribution in [2.24, 2.45) is 0 Å². The molecule has 112 valence electrons. The Balaban J connectivity index is 2.28. The molecule has 2 aromatic rings. The first kappa shape index (κ1) is 15.5. The van der Waals surface area contributed by atoms with Crippen molar-refractivity contribution >= 4 is 23.1 Å². The molecule has 0 atom stereocenters. The van der Waals surface area contributed by atoms with Gasteiger partial charge in [-0.25, -0.2) is 9.78 Å². The van der Waals surface area contributed by atoms with Crippen LogP contribution >= 0.6 is 11.3 Å². The number of aromatic nitrogens is 1. The maximum atomic E-state index is 11.3. The van der Waals surface area contributed by atoms with Crippen molar-refractivity contribution in [1.29, 1.82) is 0 Å². The Morgan fingerprint density at radius 1 is 1.38 bits per heavy atom. The summed E-state index contributed by atoms with van der Waals surface area (Å²) < 4.78 is 0. The van der Waals surface area contributed by atoms with Crippen LogP contribution in [-0.4, -0.2) is 16.1 Å². The molecule has 2 heterocycles. The number of hydrogen-bond donors (Lipinski definition) is 2. The molecule has 0 saturated heterocycles. The molecule has 0 fully saturated rings. The fourth-order valence-corrected chi connectivity index (χ4v) is 2.73. The number of nitrogens with one attached hydrogen (secondary N) is 1. The van der Waals surface area contributed by atoms with Crippen molar-refractivity contribution < 1.29 is 9.90 Å². The van der Waals surface area contributed by atoms with E-state index in [2.05, 4.69) is 23.3 Å². The average Bonchev–Trinajstić information content (AvgIpc) is 2.80. The summed E-state index contributed by atoms with van der Waals surface area (Å²) in [6.45, 7) is 8.79. The van der Waals surface area contributed by atoms with Gasteiger partial charge in [-0.05, 0) is 36.1 Å². The number of nitrogens with zero attached hydrogens (tertiary/aromatic N) is 1. The molecular weight excluding hydrogens is 284 g/mol. The van der Waals surface area contributed by atoms with E-state index in [0.717, 1.165) is 5.69 Å². The van der Waals surface area contributed by atoms with Crippen LogP contribution in [0.1, 0.15) is 47.3 Å². The number of anilines is 1. The van der Waals surface area contributed by atoms with Crippen molar-refractivity contribution in [1.82, 2.24) is 4.98 Å². The van der Waals surface area contributed by atoms with Gasteiger partial charge in [0.15, 0.2) is 0 Å². The second-order valence-electron chi connectivity index (χ2n) is 6.06. The van der Waals surface area contributed by atoms with Gasteiger partial charge in [0.2, 0.25) is 0 Å². The zero-order chi connectivity index (χ0) is 15.6. The molecule has 0 unspecified atom stereocenters. The van der Waals surface area contributed by atoms with Crippen molar-refractivity contribution in [2.45, 2.75) is 39.7 Å². The first-order valence-electron chi connectivity index (χ1n) is 6.80. The first-order valence-corrected chi connectivity index (χ1v) is 7.68. The molecule has 0 aliphatic carbocycles. The van der Waals surface area contributed by atoms with Gasteiger partial charge in [0.25, 0.3) is 0 Å². The summed E-state index contributed by atoms with van der Waals surface area (Å²) in [6, 6.07) is 5.30. The zero-order valence-electron chi connectivity index (χ0n) is 12.7. The largest absolute Gasteiger partial charge is 0.478 e. The predicted octanol–water partition coefficient (Wildman–Crippen LogP) is 4.06. The van der Waals surface area contributed by atoms with Crippen molar-refractivity contribution in [2.75, 3.05) is 5.32 Å². The minimum atomic E-state index is -0.932. The van der Waals surface area contributed by atoms with Gasteiger partial charge < -0.3 is 10.4 Å². The van der Waals surface area contributed by atoms with Crippen LogP contribution in [0.3, 0.4) is 0 Å². The molecule has 0 aliphatic heterocycles. The van der Waals surface area contributed by atoms with E-state index in [1.54, 1.807) is 23.5 Å². The zero-order valence-corrected chi connectivity index (χ0v) is 13.5. The summed E-state index contributed by atoms with van der Waals surface area (Å²) in [7, 11) is 0. The number of aromatic carboxylic acids is 1. The van der Waals surface area contributed by atoms with Gasteiger partial charge in [0, 0.05) is 16.0 Å². The average molecular weight is 304 g/mol. The number of carboxylic acid groups (broad SMARTS) is 1. The maximum absolute atomic E-state index is 11.3. The molecule has 5 heteroatoms. The Labute approximate surface area is 128 Å². The van der Waals surface area contributed by atoms with Gasteiger partial charge in [-0.15, -0.1) is 11.3 Å². The van der Waals surface area contributed by atoms with E-state index in [9.17, 15) is 9.90 Å². The summed E-state index contributed by atoms with van der Waals surface area (Å²) in [5.41, 5.74) is 2.08. The predicted molar refractivity (Wildman–Crippen MR) is 86.3 cm³/mol. The van der Waals surface area contributed by atoms with Gasteiger partial charge in [-0.3, -0.25) is 0 Å². The van der Waals surface area contributed by atoms with Crippen LogP contribution in [0.2, 0.25) is 0 Å². The van der Waals surface area contributed by atoms with E-state index in [4.69, 9.17) is 0 Å². The summed E-state index contributed by atoms with van der Waals surface area (Å²) in [6.07, 6.45) is 0. The third kappa shape index (κ3) is 3.82. The van der Waals surface area contributed by atoms with Gasteiger partial charge in [0.05, 0.1) is 12.1 Å². The lowest BCUT2D eigenvalue weighted by Gasteiger charge is -2.19. The molecule has 2 aromatic heterocycles. The molecule has 0 radical (unpaired) electrons. The van der Waals surface area contributed by atoms with Crippen LogP contribution in [0.4, 0.5) is 5.82 Å². The number of thiophene rings is 1. The van der Waals surface area contributed by atoms with Gasteiger partial charge in [0.1, 0.15) is 5.82 Å². The Hall–Kier alpha value is -1.88. The second kappa shape index (κ2) is 5.85. The Kier molecular flexibility index (Phi) is 4.32. The lowest BCUT2D eigenvalue weighted by molar-refractivity contribution is 0.0696. The van der Waals surface area contributed by atoms with E-state index in [1.807, 2.05) is 26.2 Å². The van der Waals surface area contributed by atoms with E-state index in [0.29, 0.717) is 12.4 Å². The Morgan fingerprint density at radius 3 is 2.62 bits per heavy atom. The first-order chi connectivity index (χ1) is 9.77. The highest BCUT2D eigenvalue weighted by Crippen LogP contribution is 2.24. The van der Waals surface area contributed by atoms with Crippen LogP contribution in [0.5, 0.6) is 0 Å². The van der Waals surface area contributed by atoms with Crippen LogP contribution in [-0.2, 0) is 12.0 Å². The third-order valence-electron chi connectivity index (χ3n) is 3.24. The fourth-order valence-electron chi connectivity index (χ4n) is 1.88. The summed E-state index contributed by atoms with van der Waals surface area (Å²) >= 11 is 1.68. The lowest BCUT2D eigenvalue weighted by Crippen LogP contribution is -2.16. The highest BCUT2D eigenvalue weighted by atomic mass is 32.1. The van der Waals surface area contributed by atoms with Gasteiger partial charge >= 0.3 is 5.97 Å². The highest BCUT2D eigenvalue weighted by molar-refractivity contribution is 7.10. The van der Waals surface area contributed by atoms with E-state index >= 15 is 0 Å². The maximum Gasteiger partial charge on any atom is 0.335 e. The molecule has 2 N–H and O–H groups in total. The van der Waals surface area contributed by atoms with Crippen LogP contribution in [0, 0.1) is 6.92 Å². The SMILES string of the molecule is Cc1ccsc1CNc1cc(C(=O)O)cc(C(C)(C)C)n1. The molecule has 0 spiro atoms. The molecule has 0 bridgehead atoms. The highest BCUT2D eigenvalue weighted by Gasteiger charge is 2.19. The topological polar surface area (TPSA) is 62.2 Å². The second-order valence-corrected chi connectivity index (χ2v) is 7.06. The number of rotatable bonds is 4. The van der Waals surface area contributed by atoms with E-state index < -0.39 is 5.97 Å². The number of hydrogen-bond acceptors (Lipinski definition) is 4. The summed E-state index contributed by atoms with van der Waals surface area (Å²) in [5, 5.41) is 14.5. The van der Waals surface area contributed by atoms with Crippen LogP contribution in [0.15, 0.2) is 23.6 Å². The molecule has 4 nitrogen and oxygen atoms in total. The quantitative estimate of drug-likeness (QED) is 0.894. The molecule has 0 saturated carbocycles. The lowest BCUT2D eigenvalue weighted by atomic mass is 9.91. The van der Waals surface area contributed by atoms with Gasteiger partial charge in [-0.1, -0.05) is 20.8 Å². The van der Waals surface area contributed by atoms with Crippen LogP contribution in [0.25, 0.3) is 0 Å². The van der Waals surface area contributed by atoms with Crippen molar-refractivity contribution in [3.8, 4) is 0 Å². The molecule has 0 aliphatic rings.